The number of fused-ring (bicyclic) bond motifs is 3. The van der Waals surface area contributed by atoms with Crippen LogP contribution in [-0.4, -0.2) is 35.7 Å². The molecular formula is C27H23FN2O5. The van der Waals surface area contributed by atoms with Crippen molar-refractivity contribution >= 4 is 23.7 Å². The van der Waals surface area contributed by atoms with E-state index in [0.717, 1.165) is 40.5 Å². The summed E-state index contributed by atoms with van der Waals surface area (Å²) in [5.41, 5.74) is 3.79. The molecule has 0 fully saturated rings. The van der Waals surface area contributed by atoms with Crippen LogP contribution in [0.4, 0.5) is 14.9 Å². The van der Waals surface area contributed by atoms with Gasteiger partial charge >= 0.3 is 12.1 Å². The van der Waals surface area contributed by atoms with E-state index in [2.05, 4.69) is 17.2 Å². The summed E-state index contributed by atoms with van der Waals surface area (Å²) in [5.74, 6) is -2.95. The van der Waals surface area contributed by atoms with Gasteiger partial charge in [0.2, 0.25) is 5.91 Å². The van der Waals surface area contributed by atoms with E-state index in [9.17, 15) is 18.8 Å². The topological polar surface area (TPSA) is 105 Å². The SMILES string of the molecule is C=CCC(NC(=O)OCC1c2ccccc2-c2ccccc21)C(=O)Nc1cc(C(=O)O)ccc1F. The second kappa shape index (κ2) is 10.2. The Labute approximate surface area is 201 Å². The van der Waals surface area contributed by atoms with Crippen LogP contribution in [0.5, 0.6) is 0 Å². The van der Waals surface area contributed by atoms with Gasteiger partial charge in [0.25, 0.3) is 0 Å². The van der Waals surface area contributed by atoms with E-state index in [0.29, 0.717) is 0 Å². The Balaban J connectivity index is 1.43. The van der Waals surface area contributed by atoms with Crippen LogP contribution in [0.1, 0.15) is 33.8 Å². The molecule has 0 aliphatic heterocycles. The van der Waals surface area contributed by atoms with Gasteiger partial charge < -0.3 is 20.5 Å². The van der Waals surface area contributed by atoms with Gasteiger partial charge in [0, 0.05) is 5.92 Å². The van der Waals surface area contributed by atoms with E-state index in [4.69, 9.17) is 9.84 Å². The van der Waals surface area contributed by atoms with Crippen molar-refractivity contribution in [1.82, 2.24) is 5.32 Å². The number of aromatic carboxylic acids is 1. The van der Waals surface area contributed by atoms with Crippen LogP contribution in [0.15, 0.2) is 79.4 Å². The molecule has 1 atom stereocenters. The van der Waals surface area contributed by atoms with Crippen molar-refractivity contribution in [3.05, 3.63) is 102 Å². The number of rotatable bonds is 8. The van der Waals surface area contributed by atoms with Crippen molar-refractivity contribution in [3.8, 4) is 11.1 Å². The molecular weight excluding hydrogens is 451 g/mol. The number of carboxylic acids is 1. The van der Waals surface area contributed by atoms with Gasteiger partial charge in [0.05, 0.1) is 11.3 Å². The summed E-state index contributed by atoms with van der Waals surface area (Å²) in [6.45, 7) is 3.65. The Morgan fingerprint density at radius 3 is 2.26 bits per heavy atom. The molecule has 178 valence electrons. The van der Waals surface area contributed by atoms with E-state index >= 15 is 0 Å². The van der Waals surface area contributed by atoms with Gasteiger partial charge in [-0.1, -0.05) is 54.6 Å². The number of nitrogens with one attached hydrogen (secondary N) is 2. The molecule has 2 amide bonds. The molecule has 4 rings (SSSR count). The summed E-state index contributed by atoms with van der Waals surface area (Å²) in [7, 11) is 0. The van der Waals surface area contributed by atoms with Gasteiger partial charge in [-0.25, -0.2) is 14.0 Å². The molecule has 0 spiro atoms. The molecule has 1 aliphatic rings. The summed E-state index contributed by atoms with van der Waals surface area (Å²) >= 11 is 0. The fraction of sp³-hybridized carbons (Fsp3) is 0.148. The quantitative estimate of drug-likeness (QED) is 0.401. The molecule has 8 heteroatoms. The van der Waals surface area contributed by atoms with E-state index < -0.39 is 29.8 Å². The van der Waals surface area contributed by atoms with Crippen LogP contribution in [0.3, 0.4) is 0 Å². The van der Waals surface area contributed by atoms with Crippen LogP contribution < -0.4 is 10.6 Å². The highest BCUT2D eigenvalue weighted by molar-refractivity contribution is 5.98. The maximum atomic E-state index is 14.1. The largest absolute Gasteiger partial charge is 0.478 e. The third-order valence-electron chi connectivity index (χ3n) is 5.83. The molecule has 3 N–H and O–H groups in total. The highest BCUT2D eigenvalue weighted by Gasteiger charge is 2.29. The van der Waals surface area contributed by atoms with Crippen molar-refractivity contribution in [2.45, 2.75) is 18.4 Å². The molecule has 0 saturated heterocycles. The number of hydrogen-bond donors (Lipinski definition) is 3. The zero-order chi connectivity index (χ0) is 24.9. The lowest BCUT2D eigenvalue weighted by atomic mass is 9.98. The average molecular weight is 474 g/mol. The second-order valence-corrected chi connectivity index (χ2v) is 8.04. The maximum Gasteiger partial charge on any atom is 0.407 e. The molecule has 0 radical (unpaired) electrons. The van der Waals surface area contributed by atoms with Crippen LogP contribution >= 0.6 is 0 Å². The monoisotopic (exact) mass is 474 g/mol. The Morgan fingerprint density at radius 1 is 1.03 bits per heavy atom. The van der Waals surface area contributed by atoms with Crippen LogP contribution in [0.25, 0.3) is 11.1 Å². The number of alkyl carbamates (subject to hydrolysis) is 1. The lowest BCUT2D eigenvalue weighted by Crippen LogP contribution is -2.44. The summed E-state index contributed by atoms with van der Waals surface area (Å²) in [4.78, 5) is 36.4. The van der Waals surface area contributed by atoms with Crippen molar-refractivity contribution in [1.29, 1.82) is 0 Å². The fourth-order valence-corrected chi connectivity index (χ4v) is 4.15. The van der Waals surface area contributed by atoms with Gasteiger partial charge in [-0.15, -0.1) is 6.58 Å². The number of amides is 2. The number of hydrogen-bond acceptors (Lipinski definition) is 4. The molecule has 0 heterocycles. The van der Waals surface area contributed by atoms with Crippen molar-refractivity contribution in [2.24, 2.45) is 0 Å². The van der Waals surface area contributed by atoms with Gasteiger partial charge in [0.1, 0.15) is 18.5 Å². The third kappa shape index (κ3) is 5.06. The van der Waals surface area contributed by atoms with Crippen molar-refractivity contribution < 1.29 is 28.6 Å². The Hall–Kier alpha value is -4.46. The molecule has 0 saturated carbocycles. The van der Waals surface area contributed by atoms with Crippen LogP contribution in [-0.2, 0) is 9.53 Å². The van der Waals surface area contributed by atoms with Crippen LogP contribution in [0, 0.1) is 5.82 Å². The Morgan fingerprint density at radius 2 is 1.66 bits per heavy atom. The first-order valence-corrected chi connectivity index (χ1v) is 10.9. The second-order valence-electron chi connectivity index (χ2n) is 8.04. The molecule has 1 aliphatic carbocycles. The Kier molecular flexibility index (Phi) is 6.91. The van der Waals surface area contributed by atoms with Gasteiger partial charge in [-0.05, 0) is 46.9 Å². The van der Waals surface area contributed by atoms with E-state index in [-0.39, 0.29) is 30.2 Å². The first-order chi connectivity index (χ1) is 16.9. The molecule has 35 heavy (non-hydrogen) atoms. The van der Waals surface area contributed by atoms with Crippen LogP contribution in [0.2, 0.25) is 0 Å². The van der Waals surface area contributed by atoms with Gasteiger partial charge in [-0.2, -0.15) is 0 Å². The highest BCUT2D eigenvalue weighted by atomic mass is 19.1. The number of carboxylic acid groups (broad SMARTS) is 1. The summed E-state index contributed by atoms with van der Waals surface area (Å²) in [5, 5.41) is 13.9. The number of halogens is 1. The Bertz CT molecular complexity index is 1260. The van der Waals surface area contributed by atoms with Crippen molar-refractivity contribution in [2.75, 3.05) is 11.9 Å². The van der Waals surface area contributed by atoms with E-state index in [1.807, 2.05) is 48.5 Å². The molecule has 0 aromatic heterocycles. The molecule has 3 aromatic rings. The number of benzene rings is 3. The fourth-order valence-electron chi connectivity index (χ4n) is 4.15. The number of anilines is 1. The van der Waals surface area contributed by atoms with E-state index in [1.54, 1.807) is 0 Å². The number of carbonyl (C=O) groups is 3. The van der Waals surface area contributed by atoms with Crippen molar-refractivity contribution in [3.63, 3.8) is 0 Å². The molecule has 7 nitrogen and oxygen atoms in total. The zero-order valence-electron chi connectivity index (χ0n) is 18.7. The minimum atomic E-state index is -1.26. The number of ether oxygens (including phenoxy) is 1. The third-order valence-corrected chi connectivity index (χ3v) is 5.83. The van der Waals surface area contributed by atoms with E-state index in [1.165, 1.54) is 6.08 Å². The normalized spacial score (nSPS) is 12.7. The predicted octanol–water partition coefficient (Wildman–Crippen LogP) is 4.95. The minimum Gasteiger partial charge on any atom is -0.478 e. The first-order valence-electron chi connectivity index (χ1n) is 10.9. The lowest BCUT2D eigenvalue weighted by molar-refractivity contribution is -0.118. The molecule has 0 bridgehead atoms. The lowest BCUT2D eigenvalue weighted by Gasteiger charge is -2.19. The predicted molar refractivity (Wildman–Crippen MR) is 129 cm³/mol. The first kappa shape index (κ1) is 23.7. The smallest absolute Gasteiger partial charge is 0.407 e. The summed E-state index contributed by atoms with van der Waals surface area (Å²) in [6, 6.07) is 17.8. The summed E-state index contributed by atoms with van der Waals surface area (Å²) < 4.78 is 19.6. The standard InChI is InChI=1S/C27H23FN2O5/c1-2-7-23(25(31)29-24-14-16(26(32)33)12-13-22(24)28)30-27(34)35-15-21-19-10-5-3-8-17(19)18-9-4-6-11-20(18)21/h2-6,8-14,21,23H,1,7,15H2,(H,29,31)(H,30,34)(H,32,33). The highest BCUT2D eigenvalue weighted by Crippen LogP contribution is 2.44. The minimum absolute atomic E-state index is 0.0519. The molecule has 1 unspecified atom stereocenters. The number of carbonyl (C=O) groups excluding carboxylic acids is 2. The maximum absolute atomic E-state index is 14.1. The molecule has 3 aromatic carbocycles. The zero-order valence-corrected chi connectivity index (χ0v) is 18.7. The summed E-state index contributed by atoms with van der Waals surface area (Å²) in [6.07, 6.45) is 0.669. The average Bonchev–Trinajstić information content (AvgIpc) is 3.17. The van der Waals surface area contributed by atoms with Gasteiger partial charge in [-0.3, -0.25) is 4.79 Å². The van der Waals surface area contributed by atoms with Gasteiger partial charge in [0.15, 0.2) is 0 Å².